The van der Waals surface area contributed by atoms with Crippen molar-refractivity contribution in [1.82, 2.24) is 10.3 Å². The second-order valence-corrected chi connectivity index (χ2v) is 5.43. The molecule has 1 aromatic rings. The van der Waals surface area contributed by atoms with Crippen molar-refractivity contribution in [2.45, 2.75) is 53.1 Å². The molecule has 0 fully saturated rings. The SMILES string of the molecule is CCNCc1sc(N(C)C(C)CC)nc1CC. The predicted molar refractivity (Wildman–Crippen MR) is 77.0 cm³/mol. The fraction of sp³-hybridized carbons (Fsp3) is 0.769. The molecule has 98 valence electrons. The van der Waals surface area contributed by atoms with Crippen LogP contribution >= 0.6 is 11.3 Å². The molecular weight excluding hydrogens is 230 g/mol. The van der Waals surface area contributed by atoms with Crippen LogP contribution in [0.4, 0.5) is 5.13 Å². The van der Waals surface area contributed by atoms with E-state index >= 15 is 0 Å². The van der Waals surface area contributed by atoms with Crippen LogP contribution in [-0.4, -0.2) is 24.6 Å². The average Bonchev–Trinajstić information content (AvgIpc) is 2.77. The molecule has 0 aliphatic heterocycles. The summed E-state index contributed by atoms with van der Waals surface area (Å²) < 4.78 is 0. The lowest BCUT2D eigenvalue weighted by molar-refractivity contribution is 0.661. The van der Waals surface area contributed by atoms with E-state index in [-0.39, 0.29) is 0 Å². The van der Waals surface area contributed by atoms with Gasteiger partial charge in [-0.1, -0.05) is 20.8 Å². The summed E-state index contributed by atoms with van der Waals surface area (Å²) in [5.74, 6) is 0. The minimum atomic E-state index is 0.554. The molecule has 0 bridgehead atoms. The second kappa shape index (κ2) is 6.97. The van der Waals surface area contributed by atoms with E-state index in [1.54, 1.807) is 0 Å². The van der Waals surface area contributed by atoms with Gasteiger partial charge in [-0.3, -0.25) is 0 Å². The normalized spacial score (nSPS) is 12.8. The molecule has 1 atom stereocenters. The smallest absolute Gasteiger partial charge is 0.185 e. The van der Waals surface area contributed by atoms with Crippen LogP contribution in [0, 0.1) is 0 Å². The van der Waals surface area contributed by atoms with E-state index in [0.29, 0.717) is 6.04 Å². The maximum atomic E-state index is 4.75. The highest BCUT2D eigenvalue weighted by atomic mass is 32.1. The Morgan fingerprint density at radius 1 is 1.35 bits per heavy atom. The third-order valence-corrected chi connectivity index (χ3v) is 4.38. The Morgan fingerprint density at radius 2 is 2.06 bits per heavy atom. The molecule has 1 N–H and O–H groups in total. The lowest BCUT2D eigenvalue weighted by Crippen LogP contribution is -2.27. The van der Waals surface area contributed by atoms with Crippen molar-refractivity contribution in [3.8, 4) is 0 Å². The number of aryl methyl sites for hydroxylation is 1. The van der Waals surface area contributed by atoms with Crippen molar-refractivity contribution in [2.75, 3.05) is 18.5 Å². The fourth-order valence-electron chi connectivity index (χ4n) is 1.64. The van der Waals surface area contributed by atoms with Gasteiger partial charge >= 0.3 is 0 Å². The van der Waals surface area contributed by atoms with Gasteiger partial charge in [-0.25, -0.2) is 4.98 Å². The third-order valence-electron chi connectivity index (χ3n) is 3.19. The van der Waals surface area contributed by atoms with Crippen LogP contribution in [0.1, 0.15) is 44.7 Å². The zero-order chi connectivity index (χ0) is 12.8. The maximum absolute atomic E-state index is 4.75. The van der Waals surface area contributed by atoms with Crippen molar-refractivity contribution in [2.24, 2.45) is 0 Å². The Bertz CT molecular complexity index is 335. The van der Waals surface area contributed by atoms with Gasteiger partial charge in [-0.2, -0.15) is 0 Å². The van der Waals surface area contributed by atoms with Crippen LogP contribution in [0.2, 0.25) is 0 Å². The Balaban J connectivity index is 2.83. The van der Waals surface area contributed by atoms with E-state index in [1.807, 2.05) is 11.3 Å². The second-order valence-electron chi connectivity index (χ2n) is 4.37. The van der Waals surface area contributed by atoms with Gasteiger partial charge in [-0.05, 0) is 26.3 Å². The number of hydrogen-bond acceptors (Lipinski definition) is 4. The molecule has 1 aromatic heterocycles. The monoisotopic (exact) mass is 255 g/mol. The van der Waals surface area contributed by atoms with Gasteiger partial charge in [0.1, 0.15) is 0 Å². The molecule has 0 aromatic carbocycles. The van der Waals surface area contributed by atoms with Crippen molar-refractivity contribution < 1.29 is 0 Å². The number of rotatable bonds is 7. The number of aromatic nitrogens is 1. The topological polar surface area (TPSA) is 28.2 Å². The zero-order valence-electron chi connectivity index (χ0n) is 11.7. The minimum Gasteiger partial charge on any atom is -0.348 e. The Labute approximate surface area is 109 Å². The Hall–Kier alpha value is -0.610. The van der Waals surface area contributed by atoms with Crippen LogP contribution in [0.5, 0.6) is 0 Å². The van der Waals surface area contributed by atoms with Crippen LogP contribution in [0.25, 0.3) is 0 Å². The zero-order valence-corrected chi connectivity index (χ0v) is 12.5. The molecule has 1 unspecified atom stereocenters. The molecule has 17 heavy (non-hydrogen) atoms. The van der Waals surface area contributed by atoms with Gasteiger partial charge in [0.2, 0.25) is 0 Å². The first kappa shape index (κ1) is 14.5. The molecule has 4 heteroatoms. The summed E-state index contributed by atoms with van der Waals surface area (Å²) in [6, 6.07) is 0.554. The van der Waals surface area contributed by atoms with Crippen LogP contribution in [0.3, 0.4) is 0 Å². The van der Waals surface area contributed by atoms with Crippen molar-refractivity contribution in [3.63, 3.8) is 0 Å². The van der Waals surface area contributed by atoms with Crippen molar-refractivity contribution in [3.05, 3.63) is 10.6 Å². The standard InChI is InChI=1S/C13H25N3S/c1-6-10(4)16(5)13-15-11(7-2)12(17-13)9-14-8-3/h10,14H,6-9H2,1-5H3. The van der Waals surface area contributed by atoms with Gasteiger partial charge in [0.05, 0.1) is 5.69 Å². The van der Waals surface area contributed by atoms with Gasteiger partial charge in [-0.15, -0.1) is 11.3 Å². The summed E-state index contributed by atoms with van der Waals surface area (Å²) in [6.07, 6.45) is 2.17. The minimum absolute atomic E-state index is 0.554. The van der Waals surface area contributed by atoms with E-state index < -0.39 is 0 Å². The predicted octanol–water partition coefficient (Wildman–Crippen LogP) is 3.05. The summed E-state index contributed by atoms with van der Waals surface area (Å²) in [5, 5.41) is 4.54. The first-order valence-electron chi connectivity index (χ1n) is 6.56. The van der Waals surface area contributed by atoms with E-state index in [2.05, 4.69) is 45.0 Å². The lowest BCUT2D eigenvalue weighted by Gasteiger charge is -2.22. The van der Waals surface area contributed by atoms with E-state index in [9.17, 15) is 0 Å². The summed E-state index contributed by atoms with van der Waals surface area (Å²) >= 11 is 1.83. The molecule has 3 nitrogen and oxygen atoms in total. The highest BCUT2D eigenvalue weighted by molar-refractivity contribution is 7.15. The highest BCUT2D eigenvalue weighted by Gasteiger charge is 2.15. The lowest BCUT2D eigenvalue weighted by atomic mass is 10.2. The number of anilines is 1. The molecule has 0 aliphatic carbocycles. The largest absolute Gasteiger partial charge is 0.348 e. The van der Waals surface area contributed by atoms with Crippen molar-refractivity contribution in [1.29, 1.82) is 0 Å². The molecule has 0 amide bonds. The summed E-state index contributed by atoms with van der Waals surface area (Å²) in [7, 11) is 2.14. The van der Waals surface area contributed by atoms with Crippen LogP contribution in [0.15, 0.2) is 0 Å². The quantitative estimate of drug-likeness (QED) is 0.811. The Morgan fingerprint density at radius 3 is 2.59 bits per heavy atom. The van der Waals surface area contributed by atoms with Gasteiger partial charge in [0.15, 0.2) is 5.13 Å². The molecule has 0 aliphatic rings. The fourth-order valence-corrected chi connectivity index (χ4v) is 2.82. The van der Waals surface area contributed by atoms with Gasteiger partial charge < -0.3 is 10.2 Å². The summed E-state index contributed by atoms with van der Waals surface area (Å²) in [6.45, 7) is 10.7. The number of nitrogens with one attached hydrogen (secondary N) is 1. The first-order chi connectivity index (χ1) is 8.13. The van der Waals surface area contributed by atoms with Gasteiger partial charge in [0, 0.05) is 24.5 Å². The molecule has 1 heterocycles. The van der Waals surface area contributed by atoms with E-state index in [0.717, 1.165) is 31.1 Å². The number of thiazole rings is 1. The molecule has 0 spiro atoms. The van der Waals surface area contributed by atoms with Crippen molar-refractivity contribution >= 4 is 16.5 Å². The molecular formula is C13H25N3S. The molecule has 0 radical (unpaired) electrons. The molecule has 0 saturated carbocycles. The molecule has 1 rings (SSSR count). The summed E-state index contributed by atoms with van der Waals surface area (Å²) in [4.78, 5) is 8.43. The van der Waals surface area contributed by atoms with Gasteiger partial charge in [0.25, 0.3) is 0 Å². The van der Waals surface area contributed by atoms with Crippen LogP contribution < -0.4 is 10.2 Å². The van der Waals surface area contributed by atoms with Crippen LogP contribution in [-0.2, 0) is 13.0 Å². The van der Waals surface area contributed by atoms with E-state index in [4.69, 9.17) is 4.98 Å². The average molecular weight is 255 g/mol. The number of nitrogens with zero attached hydrogens (tertiary/aromatic N) is 2. The first-order valence-corrected chi connectivity index (χ1v) is 7.37. The Kier molecular flexibility index (Phi) is 5.92. The maximum Gasteiger partial charge on any atom is 0.185 e. The highest BCUT2D eigenvalue weighted by Crippen LogP contribution is 2.27. The molecule has 0 saturated heterocycles. The summed E-state index contributed by atoms with van der Waals surface area (Å²) in [5.41, 5.74) is 1.25. The van der Waals surface area contributed by atoms with E-state index in [1.165, 1.54) is 10.6 Å². The third kappa shape index (κ3) is 3.68. The number of hydrogen-bond donors (Lipinski definition) is 1.